The van der Waals surface area contributed by atoms with Gasteiger partial charge in [0.05, 0.1) is 19.1 Å². The van der Waals surface area contributed by atoms with Gasteiger partial charge in [0.2, 0.25) is 5.95 Å². The molecule has 2 heterocycles. The fourth-order valence-corrected chi connectivity index (χ4v) is 2.08. The third kappa shape index (κ3) is 4.17. The third-order valence-corrected chi connectivity index (χ3v) is 3.16. The van der Waals surface area contributed by atoms with Crippen molar-refractivity contribution >= 4 is 11.9 Å². The largest absolute Gasteiger partial charge is 0.481 e. The van der Waals surface area contributed by atoms with Gasteiger partial charge in [0.25, 0.3) is 0 Å². The molecule has 1 aromatic rings. The van der Waals surface area contributed by atoms with Crippen molar-refractivity contribution < 1.29 is 14.6 Å². The van der Waals surface area contributed by atoms with Gasteiger partial charge in [-0.05, 0) is 25.3 Å². The van der Waals surface area contributed by atoms with E-state index < -0.39 is 5.97 Å². The van der Waals surface area contributed by atoms with E-state index in [4.69, 9.17) is 9.84 Å². The van der Waals surface area contributed by atoms with Crippen LogP contribution in [0.3, 0.4) is 0 Å². The lowest BCUT2D eigenvalue weighted by atomic mass is 10.1. The van der Waals surface area contributed by atoms with Crippen LogP contribution in [0.5, 0.6) is 0 Å². The zero-order valence-electron chi connectivity index (χ0n) is 11.1. The molecule has 0 aliphatic carbocycles. The lowest BCUT2D eigenvalue weighted by Gasteiger charge is -2.31. The van der Waals surface area contributed by atoms with Crippen LogP contribution in [-0.4, -0.2) is 46.8 Å². The van der Waals surface area contributed by atoms with Gasteiger partial charge in [-0.25, -0.2) is 9.97 Å². The zero-order chi connectivity index (χ0) is 13.7. The number of rotatable bonds is 5. The minimum Gasteiger partial charge on any atom is -0.481 e. The van der Waals surface area contributed by atoms with Crippen molar-refractivity contribution in [1.29, 1.82) is 0 Å². The summed E-state index contributed by atoms with van der Waals surface area (Å²) < 4.78 is 5.55. The summed E-state index contributed by atoms with van der Waals surface area (Å²) in [7, 11) is 0. The minimum atomic E-state index is -0.814. The Labute approximate surface area is 112 Å². The Morgan fingerprint density at radius 1 is 1.42 bits per heavy atom. The van der Waals surface area contributed by atoms with Crippen LogP contribution in [0.15, 0.2) is 12.4 Å². The normalized spacial score (nSPS) is 16.6. The highest BCUT2D eigenvalue weighted by Crippen LogP contribution is 2.18. The minimum absolute atomic E-state index is 0.0707. The first-order valence-corrected chi connectivity index (χ1v) is 6.52. The molecule has 0 spiro atoms. The summed E-state index contributed by atoms with van der Waals surface area (Å²) in [5.74, 6) is -0.0555. The van der Waals surface area contributed by atoms with Crippen LogP contribution in [0.4, 0.5) is 5.95 Å². The number of piperidine rings is 1. The maximum absolute atomic E-state index is 10.4. The summed E-state index contributed by atoms with van der Waals surface area (Å²) in [6, 6.07) is 0. The van der Waals surface area contributed by atoms with Gasteiger partial charge in [-0.2, -0.15) is 0 Å². The van der Waals surface area contributed by atoms with Crippen molar-refractivity contribution in [2.45, 2.75) is 32.3 Å². The molecule has 0 saturated carbocycles. The fraction of sp³-hybridized carbons (Fsp3) is 0.615. The summed E-state index contributed by atoms with van der Waals surface area (Å²) in [5.41, 5.74) is 1.05. The molecule has 1 aromatic heterocycles. The standard InChI is InChI=1S/C13H19N3O3/c1-10-8-14-13(15-9-10)16-5-2-11(3-6-16)19-7-4-12(17)18/h8-9,11H,2-7H2,1H3,(H,17,18). The van der Waals surface area contributed by atoms with Crippen molar-refractivity contribution in [1.82, 2.24) is 9.97 Å². The van der Waals surface area contributed by atoms with Crippen LogP contribution < -0.4 is 4.90 Å². The van der Waals surface area contributed by atoms with E-state index in [1.165, 1.54) is 0 Å². The molecule has 6 heteroatoms. The maximum Gasteiger partial charge on any atom is 0.305 e. The number of carboxylic acids is 1. The summed E-state index contributed by atoms with van der Waals surface area (Å²) in [6.07, 6.45) is 5.63. The number of aryl methyl sites for hydroxylation is 1. The topological polar surface area (TPSA) is 75.6 Å². The average molecular weight is 265 g/mol. The van der Waals surface area contributed by atoms with E-state index in [0.29, 0.717) is 6.61 Å². The predicted molar refractivity (Wildman–Crippen MR) is 70.2 cm³/mol. The van der Waals surface area contributed by atoms with E-state index in [-0.39, 0.29) is 12.5 Å². The number of anilines is 1. The molecule has 1 aliphatic rings. The van der Waals surface area contributed by atoms with E-state index >= 15 is 0 Å². The molecular weight excluding hydrogens is 246 g/mol. The Hall–Kier alpha value is -1.69. The molecule has 0 bridgehead atoms. The highest BCUT2D eigenvalue weighted by Gasteiger charge is 2.21. The Morgan fingerprint density at radius 2 is 2.05 bits per heavy atom. The Kier molecular flexibility index (Phi) is 4.68. The van der Waals surface area contributed by atoms with Gasteiger partial charge in [0.1, 0.15) is 0 Å². The Balaban J connectivity index is 1.76. The predicted octanol–water partition coefficient (Wildman–Crippen LogP) is 1.25. The Morgan fingerprint density at radius 3 is 2.63 bits per heavy atom. The number of carboxylic acid groups (broad SMARTS) is 1. The van der Waals surface area contributed by atoms with E-state index in [2.05, 4.69) is 14.9 Å². The number of hydrogen-bond acceptors (Lipinski definition) is 5. The highest BCUT2D eigenvalue weighted by molar-refractivity contribution is 5.66. The fourth-order valence-electron chi connectivity index (χ4n) is 2.08. The number of ether oxygens (including phenoxy) is 1. The van der Waals surface area contributed by atoms with Gasteiger partial charge in [-0.15, -0.1) is 0 Å². The number of hydrogen-bond donors (Lipinski definition) is 1. The molecule has 1 saturated heterocycles. The van der Waals surface area contributed by atoms with Crippen molar-refractivity contribution in [3.63, 3.8) is 0 Å². The van der Waals surface area contributed by atoms with E-state index in [1.54, 1.807) is 0 Å². The van der Waals surface area contributed by atoms with Gasteiger partial charge >= 0.3 is 5.97 Å². The van der Waals surface area contributed by atoms with Crippen molar-refractivity contribution in [3.05, 3.63) is 18.0 Å². The molecule has 104 valence electrons. The quantitative estimate of drug-likeness (QED) is 0.863. The molecule has 0 aromatic carbocycles. The van der Waals surface area contributed by atoms with Crippen LogP contribution in [0.2, 0.25) is 0 Å². The van der Waals surface area contributed by atoms with Crippen molar-refractivity contribution in [3.8, 4) is 0 Å². The van der Waals surface area contributed by atoms with E-state index in [0.717, 1.165) is 37.4 Å². The molecule has 2 rings (SSSR count). The SMILES string of the molecule is Cc1cnc(N2CCC(OCCC(=O)O)CC2)nc1. The van der Waals surface area contributed by atoms with E-state index in [1.807, 2.05) is 19.3 Å². The smallest absolute Gasteiger partial charge is 0.305 e. The monoisotopic (exact) mass is 265 g/mol. The first kappa shape index (κ1) is 13.7. The second kappa shape index (κ2) is 6.47. The molecule has 1 N–H and O–H groups in total. The molecule has 0 atom stereocenters. The molecule has 6 nitrogen and oxygen atoms in total. The Bertz CT molecular complexity index is 414. The van der Waals surface area contributed by atoms with Crippen LogP contribution in [-0.2, 0) is 9.53 Å². The lowest BCUT2D eigenvalue weighted by molar-refractivity contribution is -0.138. The second-order valence-electron chi connectivity index (χ2n) is 4.76. The molecule has 0 amide bonds. The third-order valence-electron chi connectivity index (χ3n) is 3.16. The first-order chi connectivity index (χ1) is 9.15. The van der Waals surface area contributed by atoms with Crippen LogP contribution in [0, 0.1) is 6.92 Å². The highest BCUT2D eigenvalue weighted by atomic mass is 16.5. The number of nitrogens with zero attached hydrogens (tertiary/aromatic N) is 3. The van der Waals surface area contributed by atoms with Crippen LogP contribution in [0.1, 0.15) is 24.8 Å². The van der Waals surface area contributed by atoms with Gasteiger partial charge < -0.3 is 14.7 Å². The van der Waals surface area contributed by atoms with Gasteiger partial charge in [-0.3, -0.25) is 4.79 Å². The number of aromatic nitrogens is 2. The number of aliphatic carboxylic acids is 1. The van der Waals surface area contributed by atoms with Gasteiger partial charge in [0.15, 0.2) is 0 Å². The zero-order valence-corrected chi connectivity index (χ0v) is 11.1. The molecule has 0 unspecified atom stereocenters. The lowest BCUT2D eigenvalue weighted by Crippen LogP contribution is -2.38. The van der Waals surface area contributed by atoms with Crippen molar-refractivity contribution in [2.24, 2.45) is 0 Å². The second-order valence-corrected chi connectivity index (χ2v) is 4.76. The van der Waals surface area contributed by atoms with Crippen LogP contribution in [0.25, 0.3) is 0 Å². The summed E-state index contributed by atoms with van der Waals surface area (Å²) in [4.78, 5) is 21.2. The maximum atomic E-state index is 10.4. The molecule has 0 radical (unpaired) electrons. The van der Waals surface area contributed by atoms with Crippen molar-refractivity contribution in [2.75, 3.05) is 24.6 Å². The van der Waals surface area contributed by atoms with Gasteiger partial charge in [-0.1, -0.05) is 0 Å². The van der Waals surface area contributed by atoms with Crippen LogP contribution >= 0.6 is 0 Å². The number of carbonyl (C=O) groups is 1. The average Bonchev–Trinajstić information content (AvgIpc) is 2.40. The first-order valence-electron chi connectivity index (χ1n) is 6.52. The molecule has 1 aliphatic heterocycles. The molecule has 19 heavy (non-hydrogen) atoms. The molecular formula is C13H19N3O3. The van der Waals surface area contributed by atoms with Gasteiger partial charge in [0, 0.05) is 25.5 Å². The van der Waals surface area contributed by atoms with E-state index in [9.17, 15) is 4.79 Å². The summed E-state index contributed by atoms with van der Waals surface area (Å²) >= 11 is 0. The summed E-state index contributed by atoms with van der Waals surface area (Å²) in [5, 5.41) is 8.55. The summed E-state index contributed by atoms with van der Waals surface area (Å²) in [6.45, 7) is 3.95. The molecule has 1 fully saturated rings.